The molecule has 4 heteroatoms. The summed E-state index contributed by atoms with van der Waals surface area (Å²) in [6.07, 6.45) is 11.1. The smallest absolute Gasteiger partial charge is 0.308 e. The molecule has 4 nitrogen and oxygen atoms in total. The van der Waals surface area contributed by atoms with Crippen molar-refractivity contribution in [3.63, 3.8) is 0 Å². The zero-order chi connectivity index (χ0) is 16.6. The summed E-state index contributed by atoms with van der Waals surface area (Å²) in [6, 6.07) is 0. The van der Waals surface area contributed by atoms with E-state index in [1.54, 1.807) is 6.92 Å². The number of carbonyl (C=O) groups excluding carboxylic acids is 1. The van der Waals surface area contributed by atoms with Gasteiger partial charge in [-0.3, -0.25) is 4.79 Å². The van der Waals surface area contributed by atoms with Gasteiger partial charge in [0, 0.05) is 0 Å². The highest BCUT2D eigenvalue weighted by Gasteiger charge is 2.10. The lowest BCUT2D eigenvalue weighted by Gasteiger charge is -2.10. The van der Waals surface area contributed by atoms with Gasteiger partial charge in [0.2, 0.25) is 0 Å². The van der Waals surface area contributed by atoms with Crippen molar-refractivity contribution in [3.05, 3.63) is 0 Å². The van der Waals surface area contributed by atoms with E-state index >= 15 is 0 Å². The SMILES string of the molecule is CCCC(O)CCCCCCCCCC(O)CC(=O)OCC. The third-order valence-electron chi connectivity index (χ3n) is 3.90. The number of ether oxygens (including phenoxy) is 1. The van der Waals surface area contributed by atoms with Gasteiger partial charge < -0.3 is 14.9 Å². The maximum atomic E-state index is 11.2. The molecule has 0 aromatic carbocycles. The maximum absolute atomic E-state index is 11.2. The molecule has 0 radical (unpaired) electrons. The lowest BCUT2D eigenvalue weighted by atomic mass is 10.0. The van der Waals surface area contributed by atoms with Crippen LogP contribution in [0.4, 0.5) is 0 Å². The molecule has 2 unspecified atom stereocenters. The zero-order valence-corrected chi connectivity index (χ0v) is 14.6. The molecular weight excluding hydrogens is 280 g/mol. The molecule has 0 rings (SSSR count). The van der Waals surface area contributed by atoms with Crippen molar-refractivity contribution in [3.8, 4) is 0 Å². The Bertz CT molecular complexity index is 255. The van der Waals surface area contributed by atoms with Gasteiger partial charge in [-0.2, -0.15) is 0 Å². The lowest BCUT2D eigenvalue weighted by Crippen LogP contribution is -2.15. The van der Waals surface area contributed by atoms with Crippen molar-refractivity contribution in [2.45, 2.75) is 103 Å². The first-order valence-corrected chi connectivity index (χ1v) is 9.11. The summed E-state index contributed by atoms with van der Waals surface area (Å²) in [5, 5.41) is 19.3. The molecule has 132 valence electrons. The highest BCUT2D eigenvalue weighted by molar-refractivity contribution is 5.69. The highest BCUT2D eigenvalue weighted by atomic mass is 16.5. The van der Waals surface area contributed by atoms with Crippen LogP contribution in [0.2, 0.25) is 0 Å². The van der Waals surface area contributed by atoms with E-state index in [-0.39, 0.29) is 18.5 Å². The second-order valence-corrected chi connectivity index (χ2v) is 6.16. The number of unbranched alkanes of at least 4 members (excludes halogenated alkanes) is 6. The Morgan fingerprint density at radius 1 is 0.818 bits per heavy atom. The van der Waals surface area contributed by atoms with Crippen molar-refractivity contribution in [1.29, 1.82) is 0 Å². The second kappa shape index (κ2) is 15.3. The zero-order valence-electron chi connectivity index (χ0n) is 14.6. The van der Waals surface area contributed by atoms with Gasteiger partial charge >= 0.3 is 5.97 Å². The predicted molar refractivity (Wildman–Crippen MR) is 89.7 cm³/mol. The highest BCUT2D eigenvalue weighted by Crippen LogP contribution is 2.13. The largest absolute Gasteiger partial charge is 0.466 e. The number of rotatable bonds is 15. The van der Waals surface area contributed by atoms with Gasteiger partial charge in [0.15, 0.2) is 0 Å². The minimum absolute atomic E-state index is 0.106. The third kappa shape index (κ3) is 14.3. The molecule has 0 aromatic heterocycles. The van der Waals surface area contributed by atoms with Crippen molar-refractivity contribution >= 4 is 5.97 Å². The maximum Gasteiger partial charge on any atom is 0.308 e. The van der Waals surface area contributed by atoms with Gasteiger partial charge in [0.25, 0.3) is 0 Å². The third-order valence-corrected chi connectivity index (χ3v) is 3.90. The first-order valence-electron chi connectivity index (χ1n) is 9.11. The van der Waals surface area contributed by atoms with Crippen LogP contribution in [0.15, 0.2) is 0 Å². The molecule has 0 amide bonds. The van der Waals surface area contributed by atoms with Crippen LogP contribution in [0.25, 0.3) is 0 Å². The van der Waals surface area contributed by atoms with E-state index in [1.165, 1.54) is 25.7 Å². The lowest BCUT2D eigenvalue weighted by molar-refractivity contribution is -0.145. The van der Waals surface area contributed by atoms with Crippen LogP contribution in [0.5, 0.6) is 0 Å². The second-order valence-electron chi connectivity index (χ2n) is 6.16. The number of esters is 1. The van der Waals surface area contributed by atoms with E-state index in [0.29, 0.717) is 13.0 Å². The first kappa shape index (κ1) is 21.4. The van der Waals surface area contributed by atoms with E-state index in [4.69, 9.17) is 4.74 Å². The average molecular weight is 316 g/mol. The van der Waals surface area contributed by atoms with E-state index in [9.17, 15) is 15.0 Å². The normalized spacial score (nSPS) is 13.8. The molecule has 0 bridgehead atoms. The Labute approximate surface area is 136 Å². The fourth-order valence-electron chi connectivity index (χ4n) is 2.64. The van der Waals surface area contributed by atoms with Crippen molar-refractivity contribution in [1.82, 2.24) is 0 Å². The molecule has 0 heterocycles. The first-order chi connectivity index (χ1) is 10.6. The minimum Gasteiger partial charge on any atom is -0.466 e. The quantitative estimate of drug-likeness (QED) is 0.354. The Kier molecular flexibility index (Phi) is 14.9. The van der Waals surface area contributed by atoms with Gasteiger partial charge in [-0.05, 0) is 26.2 Å². The summed E-state index contributed by atoms with van der Waals surface area (Å²) in [6.45, 7) is 4.25. The Morgan fingerprint density at radius 3 is 1.82 bits per heavy atom. The van der Waals surface area contributed by atoms with Gasteiger partial charge in [0.1, 0.15) is 0 Å². The van der Waals surface area contributed by atoms with Crippen LogP contribution in [-0.2, 0) is 9.53 Å². The average Bonchev–Trinajstić information content (AvgIpc) is 2.46. The van der Waals surface area contributed by atoms with Crippen LogP contribution in [0.1, 0.15) is 90.9 Å². The van der Waals surface area contributed by atoms with Gasteiger partial charge in [-0.1, -0.05) is 58.3 Å². The van der Waals surface area contributed by atoms with E-state index < -0.39 is 6.10 Å². The summed E-state index contributed by atoms with van der Waals surface area (Å²) in [5.41, 5.74) is 0. The fourth-order valence-corrected chi connectivity index (χ4v) is 2.64. The van der Waals surface area contributed by atoms with Gasteiger partial charge in [-0.15, -0.1) is 0 Å². The molecule has 0 aliphatic rings. The summed E-state index contributed by atoms with van der Waals surface area (Å²) < 4.78 is 4.81. The summed E-state index contributed by atoms with van der Waals surface area (Å²) in [5.74, 6) is -0.305. The van der Waals surface area contributed by atoms with Crippen molar-refractivity contribution < 1.29 is 19.7 Å². The van der Waals surface area contributed by atoms with Gasteiger partial charge in [-0.25, -0.2) is 0 Å². The predicted octanol–water partition coefficient (Wildman–Crippen LogP) is 3.97. The minimum atomic E-state index is -0.556. The number of carbonyl (C=O) groups is 1. The fraction of sp³-hybridized carbons (Fsp3) is 0.944. The molecule has 0 spiro atoms. The molecule has 0 aromatic rings. The monoisotopic (exact) mass is 316 g/mol. The molecule has 0 saturated carbocycles. The number of hydrogen-bond acceptors (Lipinski definition) is 4. The van der Waals surface area contributed by atoms with E-state index in [2.05, 4.69) is 6.92 Å². The Balaban J connectivity index is 3.27. The van der Waals surface area contributed by atoms with Crippen LogP contribution in [0.3, 0.4) is 0 Å². The van der Waals surface area contributed by atoms with E-state index in [1.807, 2.05) is 0 Å². The molecule has 0 saturated heterocycles. The number of aliphatic hydroxyl groups is 2. The van der Waals surface area contributed by atoms with E-state index in [0.717, 1.165) is 38.5 Å². The number of hydrogen-bond donors (Lipinski definition) is 2. The molecule has 0 aliphatic heterocycles. The van der Waals surface area contributed by atoms with Crippen LogP contribution in [-0.4, -0.2) is 35.0 Å². The number of aliphatic hydroxyl groups excluding tert-OH is 2. The summed E-state index contributed by atoms with van der Waals surface area (Å²) in [4.78, 5) is 11.2. The van der Waals surface area contributed by atoms with Gasteiger partial charge in [0.05, 0.1) is 25.2 Å². The van der Waals surface area contributed by atoms with Crippen LogP contribution < -0.4 is 0 Å². The summed E-state index contributed by atoms with van der Waals surface area (Å²) >= 11 is 0. The molecule has 22 heavy (non-hydrogen) atoms. The van der Waals surface area contributed by atoms with Crippen molar-refractivity contribution in [2.75, 3.05) is 6.61 Å². The molecule has 2 N–H and O–H groups in total. The summed E-state index contributed by atoms with van der Waals surface area (Å²) in [7, 11) is 0. The Hall–Kier alpha value is -0.610. The molecule has 0 fully saturated rings. The topological polar surface area (TPSA) is 66.8 Å². The van der Waals surface area contributed by atoms with Crippen LogP contribution >= 0.6 is 0 Å². The molecule has 2 atom stereocenters. The standard InChI is InChI=1S/C18H36O4/c1-3-12-16(19)13-10-8-6-5-7-9-11-14-17(20)15-18(21)22-4-2/h16-17,19-20H,3-15H2,1-2H3. The molecular formula is C18H36O4. The molecule has 0 aliphatic carbocycles. The van der Waals surface area contributed by atoms with Crippen molar-refractivity contribution in [2.24, 2.45) is 0 Å². The van der Waals surface area contributed by atoms with Crippen LogP contribution in [0, 0.1) is 0 Å². The Morgan fingerprint density at radius 2 is 1.32 bits per heavy atom.